The molecule has 0 unspecified atom stereocenters. The quantitative estimate of drug-likeness (QED) is 0.537. The van der Waals surface area contributed by atoms with Gasteiger partial charge in [0.2, 0.25) is 0 Å². The molecule has 0 aromatic carbocycles. The molecule has 1 spiro atoms. The van der Waals surface area contributed by atoms with Crippen molar-refractivity contribution >= 4 is 5.78 Å². The predicted molar refractivity (Wildman–Crippen MR) is 46.7 cm³/mol. The largest absolute Gasteiger partial charge is 0.299 e. The molecule has 3 atom stereocenters. The standard InChI is InChI=1S/C11H16O/c1-10-5-2-6-11(7-10)8(10)3-4-9(11)12/h8H,2-7H2,1H3/t8-,10+,11+/m1/s1. The van der Waals surface area contributed by atoms with Crippen LogP contribution in [0.2, 0.25) is 0 Å². The Balaban J connectivity index is 2.03. The first-order valence-electron chi connectivity index (χ1n) is 5.21. The Labute approximate surface area is 73.5 Å². The second-order valence-electron chi connectivity index (χ2n) is 5.35. The number of fused-ring (bicyclic) bond motifs is 2. The van der Waals surface area contributed by atoms with Crippen LogP contribution >= 0.6 is 0 Å². The molecule has 1 nitrogen and oxygen atoms in total. The number of carbonyl (C=O) groups is 1. The van der Waals surface area contributed by atoms with E-state index in [0.29, 0.717) is 11.2 Å². The first kappa shape index (κ1) is 7.11. The molecule has 3 saturated carbocycles. The molecule has 1 heteroatoms. The van der Waals surface area contributed by atoms with Crippen LogP contribution in [0.4, 0.5) is 0 Å². The van der Waals surface area contributed by atoms with Crippen molar-refractivity contribution in [3.05, 3.63) is 0 Å². The van der Waals surface area contributed by atoms with E-state index in [1.54, 1.807) is 0 Å². The van der Waals surface area contributed by atoms with Gasteiger partial charge in [0.1, 0.15) is 5.78 Å². The van der Waals surface area contributed by atoms with E-state index < -0.39 is 0 Å². The zero-order chi connectivity index (χ0) is 8.40. The van der Waals surface area contributed by atoms with Gasteiger partial charge in [0.05, 0.1) is 0 Å². The molecular weight excluding hydrogens is 148 g/mol. The fraction of sp³-hybridized carbons (Fsp3) is 0.909. The summed E-state index contributed by atoms with van der Waals surface area (Å²) in [6, 6.07) is 0. The summed E-state index contributed by atoms with van der Waals surface area (Å²) < 4.78 is 0. The maximum absolute atomic E-state index is 11.7. The monoisotopic (exact) mass is 164 g/mol. The highest BCUT2D eigenvalue weighted by molar-refractivity contribution is 5.89. The third-order valence-corrected chi connectivity index (χ3v) is 4.81. The summed E-state index contributed by atoms with van der Waals surface area (Å²) in [5.41, 5.74) is 0.789. The topological polar surface area (TPSA) is 17.1 Å². The van der Waals surface area contributed by atoms with E-state index in [0.717, 1.165) is 12.3 Å². The maximum Gasteiger partial charge on any atom is 0.139 e. The molecule has 3 rings (SSSR count). The Hall–Kier alpha value is -0.330. The van der Waals surface area contributed by atoms with E-state index in [4.69, 9.17) is 0 Å². The maximum atomic E-state index is 11.7. The highest BCUT2D eigenvalue weighted by atomic mass is 16.1. The normalized spacial score (nSPS) is 56.4. The molecule has 2 bridgehead atoms. The average molecular weight is 164 g/mol. The predicted octanol–water partition coefficient (Wildman–Crippen LogP) is 2.55. The van der Waals surface area contributed by atoms with Gasteiger partial charge in [-0.1, -0.05) is 13.3 Å². The summed E-state index contributed by atoms with van der Waals surface area (Å²) in [6.07, 6.45) is 7.22. The van der Waals surface area contributed by atoms with Crippen LogP contribution in [0.1, 0.15) is 45.4 Å². The van der Waals surface area contributed by atoms with Crippen LogP contribution in [0, 0.1) is 16.7 Å². The van der Waals surface area contributed by atoms with Gasteiger partial charge in [-0.05, 0) is 37.0 Å². The smallest absolute Gasteiger partial charge is 0.139 e. The minimum atomic E-state index is 0.215. The lowest BCUT2D eigenvalue weighted by Crippen LogP contribution is -2.57. The summed E-state index contributed by atoms with van der Waals surface area (Å²) in [4.78, 5) is 11.7. The highest BCUT2D eigenvalue weighted by Gasteiger charge is 2.67. The van der Waals surface area contributed by atoms with Gasteiger partial charge < -0.3 is 0 Å². The van der Waals surface area contributed by atoms with E-state index in [1.807, 2.05) is 0 Å². The number of rotatable bonds is 0. The average Bonchev–Trinajstić information content (AvgIpc) is 2.27. The van der Waals surface area contributed by atoms with Crippen LogP contribution in [0.5, 0.6) is 0 Å². The number of hydrogen-bond acceptors (Lipinski definition) is 1. The molecule has 0 aromatic heterocycles. The molecule has 0 N–H and O–H groups in total. The second-order valence-corrected chi connectivity index (χ2v) is 5.35. The summed E-state index contributed by atoms with van der Waals surface area (Å²) in [5.74, 6) is 1.39. The Kier molecular flexibility index (Phi) is 1.06. The zero-order valence-electron chi connectivity index (χ0n) is 7.73. The second kappa shape index (κ2) is 1.78. The Morgan fingerprint density at radius 1 is 1.42 bits per heavy atom. The van der Waals surface area contributed by atoms with E-state index in [1.165, 1.54) is 32.1 Å². The van der Waals surface area contributed by atoms with Crippen molar-refractivity contribution in [3.63, 3.8) is 0 Å². The molecule has 3 aliphatic rings. The number of Topliss-reactive ketones (excluding diaryl/α,β-unsaturated/α-hetero) is 1. The Morgan fingerprint density at radius 3 is 3.00 bits per heavy atom. The molecule has 0 aromatic rings. The first-order valence-corrected chi connectivity index (χ1v) is 5.21. The van der Waals surface area contributed by atoms with Crippen LogP contribution in [0.15, 0.2) is 0 Å². The molecule has 0 saturated heterocycles. The van der Waals surface area contributed by atoms with Crippen LogP contribution in [0.3, 0.4) is 0 Å². The highest BCUT2D eigenvalue weighted by Crippen LogP contribution is 2.72. The van der Waals surface area contributed by atoms with Crippen LogP contribution in [0.25, 0.3) is 0 Å². The minimum Gasteiger partial charge on any atom is -0.299 e. The van der Waals surface area contributed by atoms with Gasteiger partial charge in [-0.3, -0.25) is 4.79 Å². The molecule has 3 aliphatic carbocycles. The molecule has 0 heterocycles. The molecule has 0 amide bonds. The lowest BCUT2D eigenvalue weighted by atomic mass is 9.41. The van der Waals surface area contributed by atoms with Crippen LogP contribution in [-0.4, -0.2) is 5.78 Å². The summed E-state index contributed by atoms with van der Waals surface area (Å²) in [6.45, 7) is 2.40. The van der Waals surface area contributed by atoms with E-state index in [2.05, 4.69) is 6.92 Å². The molecule has 0 aliphatic heterocycles. The van der Waals surface area contributed by atoms with Gasteiger partial charge in [-0.2, -0.15) is 0 Å². The summed E-state index contributed by atoms with van der Waals surface area (Å²) >= 11 is 0. The third kappa shape index (κ3) is 0.541. The van der Waals surface area contributed by atoms with Crippen molar-refractivity contribution in [2.24, 2.45) is 16.7 Å². The van der Waals surface area contributed by atoms with E-state index >= 15 is 0 Å². The number of ketones is 1. The Bertz CT molecular complexity index is 258. The van der Waals surface area contributed by atoms with Crippen LogP contribution < -0.4 is 0 Å². The van der Waals surface area contributed by atoms with E-state index in [9.17, 15) is 4.79 Å². The SMILES string of the molecule is C[C@]12CCC[C@@]3(C1)C(=O)CC[C@H]23. The van der Waals surface area contributed by atoms with Crippen molar-refractivity contribution in [2.75, 3.05) is 0 Å². The van der Waals surface area contributed by atoms with Gasteiger partial charge in [0.25, 0.3) is 0 Å². The molecule has 12 heavy (non-hydrogen) atoms. The zero-order valence-corrected chi connectivity index (χ0v) is 7.73. The molecular formula is C11H16O. The summed E-state index contributed by atoms with van der Waals surface area (Å²) in [7, 11) is 0. The lowest BCUT2D eigenvalue weighted by Gasteiger charge is -2.62. The third-order valence-electron chi connectivity index (χ3n) is 4.81. The van der Waals surface area contributed by atoms with Crippen molar-refractivity contribution in [1.29, 1.82) is 0 Å². The van der Waals surface area contributed by atoms with Gasteiger partial charge in [0.15, 0.2) is 0 Å². The van der Waals surface area contributed by atoms with Crippen LogP contribution in [-0.2, 0) is 4.79 Å². The van der Waals surface area contributed by atoms with Gasteiger partial charge >= 0.3 is 0 Å². The summed E-state index contributed by atoms with van der Waals surface area (Å²) in [5, 5.41) is 0. The Morgan fingerprint density at radius 2 is 2.25 bits per heavy atom. The number of carbonyl (C=O) groups excluding carboxylic acids is 1. The van der Waals surface area contributed by atoms with Gasteiger partial charge in [-0.25, -0.2) is 0 Å². The van der Waals surface area contributed by atoms with Gasteiger partial charge in [0, 0.05) is 11.8 Å². The first-order chi connectivity index (χ1) is 5.67. The lowest BCUT2D eigenvalue weighted by molar-refractivity contribution is -0.164. The molecule has 66 valence electrons. The van der Waals surface area contributed by atoms with Crippen molar-refractivity contribution in [1.82, 2.24) is 0 Å². The number of hydrogen-bond donors (Lipinski definition) is 0. The fourth-order valence-electron chi connectivity index (χ4n) is 4.42. The molecule has 0 radical (unpaired) electrons. The minimum absolute atomic E-state index is 0.215. The van der Waals surface area contributed by atoms with E-state index in [-0.39, 0.29) is 5.41 Å². The van der Waals surface area contributed by atoms with Crippen molar-refractivity contribution in [2.45, 2.75) is 45.4 Å². The van der Waals surface area contributed by atoms with Crippen molar-refractivity contribution < 1.29 is 4.79 Å². The van der Waals surface area contributed by atoms with Crippen molar-refractivity contribution in [3.8, 4) is 0 Å². The molecule has 3 fully saturated rings. The van der Waals surface area contributed by atoms with Gasteiger partial charge in [-0.15, -0.1) is 0 Å². The fourth-order valence-corrected chi connectivity index (χ4v) is 4.42.